The van der Waals surface area contributed by atoms with Crippen LogP contribution in [0.1, 0.15) is 46.5 Å². The monoisotopic (exact) mass is 273 g/mol. The average molecular weight is 273 g/mol. The Morgan fingerprint density at radius 3 is 2.37 bits per heavy atom. The van der Waals surface area contributed by atoms with Gasteiger partial charge < -0.3 is 14.8 Å². The van der Waals surface area contributed by atoms with Crippen LogP contribution in [0.15, 0.2) is 0 Å². The van der Waals surface area contributed by atoms with Crippen molar-refractivity contribution in [1.82, 2.24) is 5.32 Å². The SMILES string of the molecule is CC(C)(C)OC(=O)NC(CF)C1CCC(C=O)CC1. The van der Waals surface area contributed by atoms with Crippen molar-refractivity contribution in [2.75, 3.05) is 6.67 Å². The molecule has 1 aliphatic rings. The van der Waals surface area contributed by atoms with Crippen molar-refractivity contribution in [3.8, 4) is 0 Å². The van der Waals surface area contributed by atoms with Crippen LogP contribution in [-0.2, 0) is 9.53 Å². The molecule has 1 amide bonds. The Morgan fingerprint density at radius 2 is 1.95 bits per heavy atom. The highest BCUT2D eigenvalue weighted by atomic mass is 19.1. The molecule has 0 aromatic heterocycles. The van der Waals surface area contributed by atoms with Crippen molar-refractivity contribution >= 4 is 12.4 Å². The van der Waals surface area contributed by atoms with E-state index in [4.69, 9.17) is 4.74 Å². The molecular formula is C14H24FNO3. The number of alkyl halides is 1. The Kier molecular flexibility index (Phi) is 5.76. The van der Waals surface area contributed by atoms with Crippen LogP contribution in [0.4, 0.5) is 9.18 Å². The summed E-state index contributed by atoms with van der Waals surface area (Å²) in [6.45, 7) is 4.71. The van der Waals surface area contributed by atoms with Gasteiger partial charge in [0.1, 0.15) is 18.6 Å². The second-order valence-corrected chi connectivity index (χ2v) is 6.22. The van der Waals surface area contributed by atoms with Crippen molar-refractivity contribution in [3.63, 3.8) is 0 Å². The molecule has 0 aliphatic heterocycles. The fraction of sp³-hybridized carbons (Fsp3) is 0.857. The largest absolute Gasteiger partial charge is 0.444 e. The van der Waals surface area contributed by atoms with Gasteiger partial charge in [0.05, 0.1) is 6.04 Å². The van der Waals surface area contributed by atoms with Gasteiger partial charge in [-0.25, -0.2) is 9.18 Å². The minimum absolute atomic E-state index is 0.0914. The third kappa shape index (κ3) is 5.57. The van der Waals surface area contributed by atoms with Gasteiger partial charge in [-0.15, -0.1) is 0 Å². The van der Waals surface area contributed by atoms with Crippen molar-refractivity contribution < 1.29 is 18.7 Å². The predicted molar refractivity (Wildman–Crippen MR) is 70.6 cm³/mol. The predicted octanol–water partition coefficient (Wildman–Crippen LogP) is 2.85. The van der Waals surface area contributed by atoms with Crippen molar-refractivity contribution in [2.45, 2.75) is 58.1 Å². The molecule has 1 unspecified atom stereocenters. The van der Waals surface area contributed by atoms with E-state index < -0.39 is 24.4 Å². The number of rotatable bonds is 4. The fourth-order valence-electron chi connectivity index (χ4n) is 2.42. The molecule has 0 bridgehead atoms. The molecular weight excluding hydrogens is 249 g/mol. The molecule has 4 nitrogen and oxygen atoms in total. The number of halogens is 1. The van der Waals surface area contributed by atoms with Gasteiger partial charge in [-0.1, -0.05) is 0 Å². The van der Waals surface area contributed by atoms with E-state index in [9.17, 15) is 14.0 Å². The van der Waals surface area contributed by atoms with Crippen LogP contribution in [0.3, 0.4) is 0 Å². The first-order chi connectivity index (χ1) is 8.85. The minimum Gasteiger partial charge on any atom is -0.444 e. The van der Waals surface area contributed by atoms with E-state index in [1.165, 1.54) is 0 Å². The average Bonchev–Trinajstić information content (AvgIpc) is 2.34. The summed E-state index contributed by atoms with van der Waals surface area (Å²) in [5.74, 6) is 0.187. The van der Waals surface area contributed by atoms with E-state index in [1.54, 1.807) is 20.8 Å². The van der Waals surface area contributed by atoms with Crippen LogP contribution in [0.5, 0.6) is 0 Å². The number of alkyl carbamates (subject to hydrolysis) is 1. The molecule has 0 spiro atoms. The fourth-order valence-corrected chi connectivity index (χ4v) is 2.42. The standard InChI is InChI=1S/C14H24FNO3/c1-14(2,3)19-13(18)16-12(8-15)11-6-4-10(9-17)5-7-11/h9-12H,4-8H2,1-3H3,(H,16,18). The van der Waals surface area contributed by atoms with Gasteiger partial charge in [0.15, 0.2) is 0 Å². The van der Waals surface area contributed by atoms with Gasteiger partial charge in [0.25, 0.3) is 0 Å². The third-order valence-corrected chi connectivity index (χ3v) is 3.45. The maximum Gasteiger partial charge on any atom is 0.407 e. The second kappa shape index (κ2) is 6.87. The summed E-state index contributed by atoms with van der Waals surface area (Å²) < 4.78 is 18.2. The van der Waals surface area contributed by atoms with Crippen LogP contribution >= 0.6 is 0 Å². The van der Waals surface area contributed by atoms with Crippen molar-refractivity contribution in [1.29, 1.82) is 0 Å². The lowest BCUT2D eigenvalue weighted by atomic mass is 9.79. The Balaban J connectivity index is 2.45. The van der Waals surface area contributed by atoms with Gasteiger partial charge in [0.2, 0.25) is 0 Å². The van der Waals surface area contributed by atoms with E-state index >= 15 is 0 Å². The minimum atomic E-state index is -0.602. The van der Waals surface area contributed by atoms with Gasteiger partial charge in [0, 0.05) is 5.92 Å². The Hall–Kier alpha value is -1.13. The van der Waals surface area contributed by atoms with E-state index in [1.807, 2.05) is 0 Å². The molecule has 0 aromatic carbocycles. The molecule has 1 fully saturated rings. The quantitative estimate of drug-likeness (QED) is 0.801. The summed E-state index contributed by atoms with van der Waals surface area (Å²) >= 11 is 0. The first-order valence-corrected chi connectivity index (χ1v) is 6.86. The van der Waals surface area contributed by atoms with Gasteiger partial charge in [-0.3, -0.25) is 0 Å². The number of nitrogens with one attached hydrogen (secondary N) is 1. The van der Waals surface area contributed by atoms with Gasteiger partial charge in [-0.05, 0) is 52.4 Å². The molecule has 1 N–H and O–H groups in total. The number of hydrogen-bond acceptors (Lipinski definition) is 3. The van der Waals surface area contributed by atoms with Crippen LogP contribution in [0.25, 0.3) is 0 Å². The molecule has 1 saturated carbocycles. The Labute approximate surface area is 114 Å². The number of amides is 1. The van der Waals surface area contributed by atoms with Crippen LogP contribution in [0, 0.1) is 11.8 Å². The van der Waals surface area contributed by atoms with Crippen molar-refractivity contribution in [2.24, 2.45) is 11.8 Å². The van der Waals surface area contributed by atoms with Crippen LogP contribution in [0.2, 0.25) is 0 Å². The van der Waals surface area contributed by atoms with E-state index in [0.717, 1.165) is 32.0 Å². The zero-order valence-electron chi connectivity index (χ0n) is 11.9. The highest BCUT2D eigenvalue weighted by Gasteiger charge is 2.29. The number of ether oxygens (including phenoxy) is 1. The third-order valence-electron chi connectivity index (χ3n) is 3.45. The van der Waals surface area contributed by atoms with Gasteiger partial charge in [-0.2, -0.15) is 0 Å². The lowest BCUT2D eigenvalue weighted by molar-refractivity contribution is -0.112. The summed E-state index contributed by atoms with van der Waals surface area (Å²) in [5.41, 5.74) is -0.583. The van der Waals surface area contributed by atoms with Crippen LogP contribution in [-0.4, -0.2) is 30.7 Å². The first-order valence-electron chi connectivity index (χ1n) is 6.86. The highest BCUT2D eigenvalue weighted by Crippen LogP contribution is 2.30. The molecule has 0 heterocycles. The van der Waals surface area contributed by atoms with E-state index in [2.05, 4.69) is 5.32 Å². The molecule has 1 aliphatic carbocycles. The molecule has 1 rings (SSSR count). The van der Waals surface area contributed by atoms with Gasteiger partial charge >= 0.3 is 6.09 Å². The lowest BCUT2D eigenvalue weighted by Crippen LogP contribution is -2.45. The summed E-state index contributed by atoms with van der Waals surface area (Å²) in [6, 6.07) is -0.512. The molecule has 0 saturated heterocycles. The number of carbonyl (C=O) groups excluding carboxylic acids is 2. The number of hydrogen-bond donors (Lipinski definition) is 1. The van der Waals surface area contributed by atoms with Crippen molar-refractivity contribution in [3.05, 3.63) is 0 Å². The summed E-state index contributed by atoms with van der Waals surface area (Å²) in [4.78, 5) is 22.3. The zero-order valence-corrected chi connectivity index (χ0v) is 11.9. The van der Waals surface area contributed by atoms with Crippen LogP contribution < -0.4 is 5.32 Å². The Morgan fingerprint density at radius 1 is 1.37 bits per heavy atom. The number of carbonyl (C=O) groups is 2. The maximum atomic E-state index is 13.1. The van der Waals surface area contributed by atoms with E-state index in [-0.39, 0.29) is 11.8 Å². The molecule has 110 valence electrons. The summed E-state index contributed by atoms with van der Waals surface area (Å²) in [5, 5.41) is 2.60. The highest BCUT2D eigenvalue weighted by molar-refractivity contribution is 5.68. The normalized spacial score (nSPS) is 25.5. The molecule has 19 heavy (non-hydrogen) atoms. The molecule has 5 heteroatoms. The Bertz CT molecular complexity index is 306. The molecule has 0 aromatic rings. The summed E-state index contributed by atoms with van der Waals surface area (Å²) in [7, 11) is 0. The first kappa shape index (κ1) is 15.9. The molecule has 0 radical (unpaired) electrons. The lowest BCUT2D eigenvalue weighted by Gasteiger charge is -2.31. The maximum absolute atomic E-state index is 13.1. The smallest absolute Gasteiger partial charge is 0.407 e. The van der Waals surface area contributed by atoms with E-state index in [0.29, 0.717) is 0 Å². The summed E-state index contributed by atoms with van der Waals surface area (Å²) in [6.07, 6.45) is 3.50. The topological polar surface area (TPSA) is 55.4 Å². The molecule has 1 atom stereocenters. The number of aldehydes is 1. The second-order valence-electron chi connectivity index (χ2n) is 6.22. The zero-order chi connectivity index (χ0) is 14.5.